The molecule has 0 aliphatic rings. The van der Waals surface area contributed by atoms with Crippen molar-refractivity contribution in [3.63, 3.8) is 0 Å². The van der Waals surface area contributed by atoms with Gasteiger partial charge in [-0.05, 0) is 12.3 Å². The van der Waals surface area contributed by atoms with E-state index in [1.807, 2.05) is 11.7 Å². The average Bonchev–Trinajstić information content (AvgIpc) is 2.39. The molecule has 1 aromatic rings. The molecule has 0 bridgehead atoms. The third-order valence-electron chi connectivity index (χ3n) is 1.78. The lowest BCUT2D eigenvalue weighted by Gasteiger charge is -2.13. The number of nitrogens with two attached hydrogens (primary N) is 1. The van der Waals surface area contributed by atoms with Crippen molar-refractivity contribution in [2.75, 3.05) is 0 Å². The molecule has 11 heavy (non-hydrogen) atoms. The molecule has 1 unspecified atom stereocenters. The molecule has 62 valence electrons. The lowest BCUT2D eigenvalue weighted by molar-refractivity contribution is 0.493. The lowest BCUT2D eigenvalue weighted by atomic mass is 10.0. The SMILES string of the molecule is CC(C)C(N)Cc1cncs1. The van der Waals surface area contributed by atoms with Crippen LogP contribution in [-0.2, 0) is 6.42 Å². The first-order valence-corrected chi connectivity index (χ1v) is 4.71. The highest BCUT2D eigenvalue weighted by Crippen LogP contribution is 2.11. The summed E-state index contributed by atoms with van der Waals surface area (Å²) in [6, 6.07) is 0.274. The van der Waals surface area contributed by atoms with Gasteiger partial charge in [0, 0.05) is 17.1 Å². The van der Waals surface area contributed by atoms with E-state index in [0.717, 1.165) is 6.42 Å². The van der Waals surface area contributed by atoms with Crippen LogP contribution in [0.2, 0.25) is 0 Å². The molecule has 3 heteroatoms. The van der Waals surface area contributed by atoms with Crippen LogP contribution in [0.15, 0.2) is 11.7 Å². The van der Waals surface area contributed by atoms with Gasteiger partial charge in [0.1, 0.15) is 0 Å². The predicted octanol–water partition coefficient (Wildman–Crippen LogP) is 1.67. The first-order chi connectivity index (χ1) is 5.20. The van der Waals surface area contributed by atoms with Gasteiger partial charge in [0.05, 0.1) is 5.51 Å². The second-order valence-corrected chi connectivity index (χ2v) is 4.05. The van der Waals surface area contributed by atoms with Gasteiger partial charge in [-0.15, -0.1) is 11.3 Å². The minimum Gasteiger partial charge on any atom is -0.327 e. The molecule has 1 heterocycles. The van der Waals surface area contributed by atoms with E-state index in [0.29, 0.717) is 5.92 Å². The molecular weight excluding hydrogens is 156 g/mol. The number of thiazole rings is 1. The number of hydrogen-bond donors (Lipinski definition) is 1. The zero-order chi connectivity index (χ0) is 8.27. The van der Waals surface area contributed by atoms with E-state index >= 15 is 0 Å². The average molecular weight is 170 g/mol. The second-order valence-electron chi connectivity index (χ2n) is 3.08. The van der Waals surface area contributed by atoms with Crippen LogP contribution in [0.3, 0.4) is 0 Å². The Morgan fingerprint density at radius 2 is 2.36 bits per heavy atom. The molecule has 0 amide bonds. The van der Waals surface area contributed by atoms with Crippen molar-refractivity contribution < 1.29 is 0 Å². The maximum absolute atomic E-state index is 5.89. The van der Waals surface area contributed by atoms with Gasteiger partial charge < -0.3 is 5.73 Å². The second kappa shape index (κ2) is 3.83. The largest absolute Gasteiger partial charge is 0.327 e. The molecule has 0 aliphatic heterocycles. The van der Waals surface area contributed by atoms with Crippen LogP contribution in [0.5, 0.6) is 0 Å². The Balaban J connectivity index is 2.43. The Kier molecular flexibility index (Phi) is 3.02. The van der Waals surface area contributed by atoms with E-state index in [2.05, 4.69) is 18.8 Å². The van der Waals surface area contributed by atoms with E-state index in [1.54, 1.807) is 11.3 Å². The Bertz CT molecular complexity index is 194. The van der Waals surface area contributed by atoms with Crippen LogP contribution in [0.25, 0.3) is 0 Å². The molecule has 2 N–H and O–H groups in total. The van der Waals surface area contributed by atoms with Gasteiger partial charge in [-0.2, -0.15) is 0 Å². The van der Waals surface area contributed by atoms with Crippen molar-refractivity contribution in [3.05, 3.63) is 16.6 Å². The lowest BCUT2D eigenvalue weighted by Crippen LogP contribution is -2.28. The minimum absolute atomic E-state index is 0.274. The summed E-state index contributed by atoms with van der Waals surface area (Å²) in [5.41, 5.74) is 7.74. The number of nitrogens with zero attached hydrogens (tertiary/aromatic N) is 1. The quantitative estimate of drug-likeness (QED) is 0.749. The first-order valence-electron chi connectivity index (χ1n) is 3.83. The van der Waals surface area contributed by atoms with Crippen LogP contribution in [0, 0.1) is 5.92 Å². The summed E-state index contributed by atoms with van der Waals surface area (Å²) in [6.07, 6.45) is 2.86. The summed E-state index contributed by atoms with van der Waals surface area (Å²) in [5.74, 6) is 0.553. The molecule has 0 aromatic carbocycles. The Morgan fingerprint density at radius 3 is 2.82 bits per heavy atom. The highest BCUT2D eigenvalue weighted by Gasteiger charge is 2.08. The fourth-order valence-corrected chi connectivity index (χ4v) is 1.48. The van der Waals surface area contributed by atoms with Crippen molar-refractivity contribution in [1.82, 2.24) is 4.98 Å². The van der Waals surface area contributed by atoms with Crippen LogP contribution in [-0.4, -0.2) is 11.0 Å². The van der Waals surface area contributed by atoms with Crippen molar-refractivity contribution in [1.29, 1.82) is 0 Å². The molecule has 0 saturated heterocycles. The van der Waals surface area contributed by atoms with Crippen molar-refractivity contribution >= 4 is 11.3 Å². The predicted molar refractivity (Wildman–Crippen MR) is 48.6 cm³/mol. The van der Waals surface area contributed by atoms with Crippen molar-refractivity contribution in [2.45, 2.75) is 26.3 Å². The number of aromatic nitrogens is 1. The van der Waals surface area contributed by atoms with Gasteiger partial charge in [0.15, 0.2) is 0 Å². The smallest absolute Gasteiger partial charge is 0.0794 e. The van der Waals surface area contributed by atoms with E-state index in [9.17, 15) is 0 Å². The van der Waals surface area contributed by atoms with E-state index in [-0.39, 0.29) is 6.04 Å². The van der Waals surface area contributed by atoms with E-state index < -0.39 is 0 Å². The van der Waals surface area contributed by atoms with Gasteiger partial charge in [-0.25, -0.2) is 0 Å². The zero-order valence-electron chi connectivity index (χ0n) is 6.95. The first kappa shape index (κ1) is 8.68. The van der Waals surface area contributed by atoms with Crippen molar-refractivity contribution in [2.24, 2.45) is 11.7 Å². The molecule has 0 fully saturated rings. The summed E-state index contributed by atoms with van der Waals surface area (Å²) in [4.78, 5) is 5.28. The third kappa shape index (κ3) is 2.60. The van der Waals surface area contributed by atoms with Crippen LogP contribution < -0.4 is 5.73 Å². The summed E-state index contributed by atoms with van der Waals surface area (Å²) >= 11 is 1.68. The zero-order valence-corrected chi connectivity index (χ0v) is 7.77. The highest BCUT2D eigenvalue weighted by atomic mass is 32.1. The summed E-state index contributed by atoms with van der Waals surface area (Å²) in [7, 11) is 0. The number of rotatable bonds is 3. The monoisotopic (exact) mass is 170 g/mol. The maximum Gasteiger partial charge on any atom is 0.0794 e. The van der Waals surface area contributed by atoms with Crippen LogP contribution in [0.1, 0.15) is 18.7 Å². The summed E-state index contributed by atoms with van der Waals surface area (Å²) < 4.78 is 0. The van der Waals surface area contributed by atoms with Gasteiger partial charge >= 0.3 is 0 Å². The Morgan fingerprint density at radius 1 is 1.64 bits per heavy atom. The fourth-order valence-electron chi connectivity index (χ4n) is 0.811. The van der Waals surface area contributed by atoms with Crippen molar-refractivity contribution in [3.8, 4) is 0 Å². The van der Waals surface area contributed by atoms with Crippen LogP contribution >= 0.6 is 11.3 Å². The molecule has 2 nitrogen and oxygen atoms in total. The molecular formula is C8H14N2S. The Hall–Kier alpha value is -0.410. The molecule has 0 spiro atoms. The molecule has 0 radical (unpaired) electrons. The highest BCUT2D eigenvalue weighted by molar-refractivity contribution is 7.09. The Labute approximate surface area is 71.5 Å². The topological polar surface area (TPSA) is 38.9 Å². The van der Waals surface area contributed by atoms with Gasteiger partial charge in [-0.1, -0.05) is 13.8 Å². The standard InChI is InChI=1S/C8H14N2S/c1-6(2)8(9)3-7-4-10-5-11-7/h4-6,8H,3,9H2,1-2H3. The summed E-state index contributed by atoms with van der Waals surface area (Å²) in [6.45, 7) is 4.29. The van der Waals surface area contributed by atoms with Gasteiger partial charge in [0.2, 0.25) is 0 Å². The van der Waals surface area contributed by atoms with Crippen LogP contribution in [0.4, 0.5) is 0 Å². The molecule has 1 atom stereocenters. The third-order valence-corrected chi connectivity index (χ3v) is 2.58. The van der Waals surface area contributed by atoms with Gasteiger partial charge in [0.25, 0.3) is 0 Å². The normalized spacial score (nSPS) is 13.8. The van der Waals surface area contributed by atoms with E-state index in [1.165, 1.54) is 4.88 Å². The molecule has 0 saturated carbocycles. The maximum atomic E-state index is 5.89. The molecule has 1 aromatic heterocycles. The fraction of sp³-hybridized carbons (Fsp3) is 0.625. The minimum atomic E-state index is 0.274. The summed E-state index contributed by atoms with van der Waals surface area (Å²) in [5, 5.41) is 0. The number of hydrogen-bond acceptors (Lipinski definition) is 3. The molecule has 1 rings (SSSR count). The van der Waals surface area contributed by atoms with Gasteiger partial charge in [-0.3, -0.25) is 4.98 Å². The van der Waals surface area contributed by atoms with E-state index in [4.69, 9.17) is 5.73 Å². The molecule has 0 aliphatic carbocycles.